The van der Waals surface area contributed by atoms with Gasteiger partial charge in [0.1, 0.15) is 5.82 Å². The van der Waals surface area contributed by atoms with Gasteiger partial charge in [-0.05, 0) is 38.7 Å². The molecule has 1 aromatic rings. The van der Waals surface area contributed by atoms with Crippen LogP contribution in [0.4, 0.5) is 5.82 Å². The van der Waals surface area contributed by atoms with Crippen LogP contribution in [0.15, 0.2) is 18.3 Å². The fourth-order valence-electron chi connectivity index (χ4n) is 1.39. The van der Waals surface area contributed by atoms with Crippen LogP contribution < -0.4 is 5.73 Å². The van der Waals surface area contributed by atoms with Crippen molar-refractivity contribution in [3.05, 3.63) is 23.9 Å². The van der Waals surface area contributed by atoms with Crippen molar-refractivity contribution < 1.29 is 5.11 Å². The van der Waals surface area contributed by atoms with Crippen LogP contribution in [0.5, 0.6) is 0 Å². The van der Waals surface area contributed by atoms with Gasteiger partial charge >= 0.3 is 0 Å². The normalized spacial score (nSPS) is 13.1. The first-order valence-corrected chi connectivity index (χ1v) is 5.11. The highest BCUT2D eigenvalue weighted by Gasteiger charge is 2.08. The molecule has 4 heteroatoms. The second-order valence-corrected chi connectivity index (χ2v) is 4.00. The molecule has 0 bridgehead atoms. The third kappa shape index (κ3) is 4.27. The molecule has 84 valence electrons. The van der Waals surface area contributed by atoms with Gasteiger partial charge in [0, 0.05) is 12.6 Å². The van der Waals surface area contributed by atoms with E-state index in [1.807, 2.05) is 26.2 Å². The zero-order valence-corrected chi connectivity index (χ0v) is 9.35. The summed E-state index contributed by atoms with van der Waals surface area (Å²) in [5.41, 5.74) is 6.61. The quantitative estimate of drug-likeness (QED) is 0.742. The van der Waals surface area contributed by atoms with Crippen molar-refractivity contribution in [3.8, 4) is 0 Å². The number of hydrogen-bond acceptors (Lipinski definition) is 4. The van der Waals surface area contributed by atoms with Gasteiger partial charge in [0.15, 0.2) is 0 Å². The Kier molecular flexibility index (Phi) is 4.52. The molecule has 15 heavy (non-hydrogen) atoms. The number of aliphatic hydroxyl groups is 1. The second kappa shape index (κ2) is 5.68. The smallest absolute Gasteiger partial charge is 0.126 e. The second-order valence-electron chi connectivity index (χ2n) is 4.00. The molecule has 0 radical (unpaired) electrons. The summed E-state index contributed by atoms with van der Waals surface area (Å²) in [6, 6.07) is 3.74. The Labute approximate surface area is 90.7 Å². The third-order valence-electron chi connectivity index (χ3n) is 2.29. The summed E-state index contributed by atoms with van der Waals surface area (Å²) in [6.07, 6.45) is 2.64. The number of aromatic nitrogens is 1. The highest BCUT2D eigenvalue weighted by Crippen LogP contribution is 2.11. The minimum atomic E-state index is -0.348. The summed E-state index contributed by atoms with van der Waals surface area (Å²) in [5, 5.41) is 9.77. The average Bonchev–Trinajstić information content (AvgIpc) is 2.18. The van der Waals surface area contributed by atoms with Crippen molar-refractivity contribution in [1.82, 2.24) is 9.88 Å². The maximum absolute atomic E-state index is 9.77. The van der Waals surface area contributed by atoms with Gasteiger partial charge in [0.25, 0.3) is 0 Å². The van der Waals surface area contributed by atoms with Gasteiger partial charge in [-0.2, -0.15) is 0 Å². The van der Waals surface area contributed by atoms with Gasteiger partial charge in [0.2, 0.25) is 0 Å². The molecule has 0 aliphatic carbocycles. The zero-order chi connectivity index (χ0) is 11.3. The van der Waals surface area contributed by atoms with Gasteiger partial charge in [0.05, 0.1) is 6.10 Å². The minimum Gasteiger partial charge on any atom is -0.393 e. The van der Waals surface area contributed by atoms with Gasteiger partial charge in [-0.15, -0.1) is 0 Å². The SMILES string of the molecule is CN(C)CCC(O)Cc1cccnc1N. The maximum atomic E-state index is 9.77. The van der Waals surface area contributed by atoms with Gasteiger partial charge in [-0.25, -0.2) is 4.98 Å². The standard InChI is InChI=1S/C11H19N3O/c1-14(2)7-5-10(15)8-9-4-3-6-13-11(9)12/h3-4,6,10,15H,5,7-8H2,1-2H3,(H2,12,13). The molecule has 3 N–H and O–H groups in total. The Bertz CT molecular complexity index is 302. The van der Waals surface area contributed by atoms with Gasteiger partial charge in [-0.1, -0.05) is 6.07 Å². The molecule has 0 spiro atoms. The van der Waals surface area contributed by atoms with Crippen molar-refractivity contribution in [1.29, 1.82) is 0 Å². The Hall–Kier alpha value is -1.13. The Balaban J connectivity index is 2.44. The Morgan fingerprint density at radius 3 is 2.87 bits per heavy atom. The van der Waals surface area contributed by atoms with E-state index in [1.165, 1.54) is 0 Å². The molecular weight excluding hydrogens is 190 g/mol. The van der Waals surface area contributed by atoms with E-state index in [1.54, 1.807) is 6.20 Å². The number of nitrogens with zero attached hydrogens (tertiary/aromatic N) is 2. The highest BCUT2D eigenvalue weighted by atomic mass is 16.3. The molecule has 1 heterocycles. The summed E-state index contributed by atoms with van der Waals surface area (Å²) >= 11 is 0. The average molecular weight is 209 g/mol. The third-order valence-corrected chi connectivity index (χ3v) is 2.29. The molecule has 0 saturated carbocycles. The summed E-state index contributed by atoms with van der Waals surface area (Å²) in [5.74, 6) is 0.515. The lowest BCUT2D eigenvalue weighted by Crippen LogP contribution is -2.21. The largest absolute Gasteiger partial charge is 0.393 e. The van der Waals surface area contributed by atoms with Crippen LogP contribution in [0.3, 0.4) is 0 Å². The fraction of sp³-hybridized carbons (Fsp3) is 0.545. The molecule has 0 amide bonds. The lowest BCUT2D eigenvalue weighted by molar-refractivity contribution is 0.152. The van der Waals surface area contributed by atoms with Crippen LogP contribution in [0.2, 0.25) is 0 Å². The van der Waals surface area contributed by atoms with E-state index in [2.05, 4.69) is 9.88 Å². The predicted molar refractivity (Wildman–Crippen MR) is 61.5 cm³/mol. The molecule has 4 nitrogen and oxygen atoms in total. The lowest BCUT2D eigenvalue weighted by atomic mass is 10.1. The van der Waals surface area contributed by atoms with Crippen molar-refractivity contribution in [3.63, 3.8) is 0 Å². The van der Waals surface area contributed by atoms with E-state index in [0.717, 1.165) is 18.5 Å². The Morgan fingerprint density at radius 2 is 2.27 bits per heavy atom. The maximum Gasteiger partial charge on any atom is 0.126 e. The first-order valence-electron chi connectivity index (χ1n) is 5.11. The topological polar surface area (TPSA) is 62.4 Å². The number of anilines is 1. The van der Waals surface area contributed by atoms with E-state index in [-0.39, 0.29) is 6.10 Å². The highest BCUT2D eigenvalue weighted by molar-refractivity contribution is 5.38. The molecule has 0 aliphatic rings. The molecule has 0 fully saturated rings. The van der Waals surface area contributed by atoms with Crippen molar-refractivity contribution in [2.24, 2.45) is 0 Å². The van der Waals surface area contributed by atoms with Crippen molar-refractivity contribution >= 4 is 5.82 Å². The van der Waals surface area contributed by atoms with Crippen LogP contribution in [0, 0.1) is 0 Å². The molecule has 0 aliphatic heterocycles. The summed E-state index contributed by atoms with van der Waals surface area (Å²) in [6.45, 7) is 0.876. The van der Waals surface area contributed by atoms with E-state index >= 15 is 0 Å². The predicted octanol–water partition coefficient (Wildman–Crippen LogP) is 0.519. The van der Waals surface area contributed by atoms with Crippen LogP contribution >= 0.6 is 0 Å². The fourth-order valence-corrected chi connectivity index (χ4v) is 1.39. The van der Waals surface area contributed by atoms with Gasteiger partial charge < -0.3 is 15.7 Å². The number of nitrogens with two attached hydrogens (primary N) is 1. The molecular formula is C11H19N3O. The van der Waals surface area contributed by atoms with Crippen molar-refractivity contribution in [2.75, 3.05) is 26.4 Å². The molecule has 0 aromatic carbocycles. The van der Waals surface area contributed by atoms with E-state index in [0.29, 0.717) is 12.2 Å². The van der Waals surface area contributed by atoms with Crippen LogP contribution in [0.25, 0.3) is 0 Å². The number of pyridine rings is 1. The Morgan fingerprint density at radius 1 is 1.53 bits per heavy atom. The first-order chi connectivity index (χ1) is 7.09. The minimum absolute atomic E-state index is 0.348. The van der Waals surface area contributed by atoms with Crippen molar-refractivity contribution in [2.45, 2.75) is 18.9 Å². The number of hydrogen-bond donors (Lipinski definition) is 2. The van der Waals surface area contributed by atoms with Crippen LogP contribution in [-0.4, -0.2) is 41.7 Å². The summed E-state index contributed by atoms with van der Waals surface area (Å²) in [4.78, 5) is 6.04. The number of nitrogen functional groups attached to an aromatic ring is 1. The number of rotatable bonds is 5. The molecule has 1 rings (SSSR count). The lowest BCUT2D eigenvalue weighted by Gasteiger charge is -2.14. The number of aliphatic hydroxyl groups excluding tert-OH is 1. The van der Waals surface area contributed by atoms with Crippen LogP contribution in [-0.2, 0) is 6.42 Å². The summed E-state index contributed by atoms with van der Waals surface area (Å²) in [7, 11) is 3.98. The van der Waals surface area contributed by atoms with Crippen LogP contribution in [0.1, 0.15) is 12.0 Å². The van der Waals surface area contributed by atoms with E-state index in [9.17, 15) is 5.11 Å². The molecule has 1 atom stereocenters. The molecule has 1 unspecified atom stereocenters. The first kappa shape index (κ1) is 11.9. The van der Waals surface area contributed by atoms with E-state index < -0.39 is 0 Å². The monoisotopic (exact) mass is 209 g/mol. The summed E-state index contributed by atoms with van der Waals surface area (Å²) < 4.78 is 0. The molecule has 1 aromatic heterocycles. The zero-order valence-electron chi connectivity index (χ0n) is 9.35. The van der Waals surface area contributed by atoms with Gasteiger partial charge in [-0.3, -0.25) is 0 Å². The molecule has 0 saturated heterocycles. The van der Waals surface area contributed by atoms with E-state index in [4.69, 9.17) is 5.73 Å².